The summed E-state index contributed by atoms with van der Waals surface area (Å²) in [4.78, 5) is 12.1. The SMILES string of the molecule is O=C(/C=C/c1c(F)cccc1Cl)Nc1ccc(Cl)c(S(=O)(=O)N2CCOCC2)c1. The molecule has 0 aliphatic carbocycles. The molecule has 0 saturated carbocycles. The molecule has 2 aromatic carbocycles. The highest BCUT2D eigenvalue weighted by molar-refractivity contribution is 7.89. The highest BCUT2D eigenvalue weighted by Crippen LogP contribution is 2.28. The van der Waals surface area contributed by atoms with Crippen molar-refractivity contribution in [2.24, 2.45) is 0 Å². The fourth-order valence-electron chi connectivity index (χ4n) is 2.72. The van der Waals surface area contributed by atoms with Crippen molar-refractivity contribution in [1.82, 2.24) is 4.31 Å². The molecule has 29 heavy (non-hydrogen) atoms. The molecular formula is C19H17Cl2FN2O4S. The first-order chi connectivity index (χ1) is 13.8. The van der Waals surface area contributed by atoms with Gasteiger partial charge in [0.1, 0.15) is 10.7 Å². The van der Waals surface area contributed by atoms with Gasteiger partial charge in [-0.25, -0.2) is 12.8 Å². The average Bonchev–Trinajstić information content (AvgIpc) is 2.69. The smallest absolute Gasteiger partial charge is 0.248 e. The van der Waals surface area contributed by atoms with E-state index in [1.165, 1.54) is 46.8 Å². The van der Waals surface area contributed by atoms with Gasteiger partial charge in [-0.05, 0) is 36.4 Å². The molecule has 0 unspecified atom stereocenters. The van der Waals surface area contributed by atoms with Gasteiger partial charge in [-0.1, -0.05) is 29.3 Å². The number of carbonyl (C=O) groups is 1. The van der Waals surface area contributed by atoms with Gasteiger partial charge in [0.05, 0.1) is 23.3 Å². The molecule has 0 atom stereocenters. The fourth-order valence-corrected chi connectivity index (χ4v) is 4.85. The predicted molar refractivity (Wildman–Crippen MR) is 110 cm³/mol. The van der Waals surface area contributed by atoms with Crippen LogP contribution in [-0.4, -0.2) is 44.9 Å². The molecule has 1 fully saturated rings. The standard InChI is InChI=1S/C19H17Cl2FN2O4S/c20-15-2-1-3-17(22)14(15)5-7-19(25)23-13-4-6-16(21)18(12-13)29(26,27)24-8-10-28-11-9-24/h1-7,12H,8-11H2,(H,23,25)/b7-5+. The largest absolute Gasteiger partial charge is 0.379 e. The van der Waals surface area contributed by atoms with E-state index in [9.17, 15) is 17.6 Å². The summed E-state index contributed by atoms with van der Waals surface area (Å²) in [6.07, 6.45) is 2.35. The Morgan fingerprint density at radius 2 is 1.86 bits per heavy atom. The monoisotopic (exact) mass is 458 g/mol. The van der Waals surface area contributed by atoms with Crippen molar-refractivity contribution in [3.05, 3.63) is 63.9 Å². The highest BCUT2D eigenvalue weighted by Gasteiger charge is 2.28. The second-order valence-corrected chi connectivity index (χ2v) is 8.84. The fraction of sp³-hybridized carbons (Fsp3) is 0.211. The molecule has 1 saturated heterocycles. The van der Waals surface area contributed by atoms with Crippen molar-refractivity contribution >= 4 is 50.9 Å². The average molecular weight is 459 g/mol. The summed E-state index contributed by atoms with van der Waals surface area (Å²) in [5, 5.41) is 2.75. The highest BCUT2D eigenvalue weighted by atomic mass is 35.5. The maximum atomic E-state index is 13.8. The van der Waals surface area contributed by atoms with E-state index in [1.807, 2.05) is 0 Å². The summed E-state index contributed by atoms with van der Waals surface area (Å²) in [5.41, 5.74) is 0.312. The Labute approximate surface area is 177 Å². The number of hydrogen-bond acceptors (Lipinski definition) is 4. The molecule has 3 rings (SSSR count). The Bertz CT molecular complexity index is 1030. The van der Waals surface area contributed by atoms with E-state index < -0.39 is 21.7 Å². The lowest BCUT2D eigenvalue weighted by atomic mass is 10.2. The summed E-state index contributed by atoms with van der Waals surface area (Å²) in [6.45, 7) is 1.05. The third kappa shape index (κ3) is 5.15. The Hall–Kier alpha value is -1.97. The number of nitrogens with zero attached hydrogens (tertiary/aromatic N) is 1. The molecule has 0 bridgehead atoms. The molecule has 154 valence electrons. The number of morpholine rings is 1. The van der Waals surface area contributed by atoms with Crippen LogP contribution in [0.4, 0.5) is 10.1 Å². The number of nitrogens with one attached hydrogen (secondary N) is 1. The lowest BCUT2D eigenvalue weighted by molar-refractivity contribution is -0.111. The zero-order chi connectivity index (χ0) is 21.0. The topological polar surface area (TPSA) is 75.7 Å². The van der Waals surface area contributed by atoms with Gasteiger partial charge in [-0.3, -0.25) is 4.79 Å². The van der Waals surface area contributed by atoms with Crippen LogP contribution in [0.5, 0.6) is 0 Å². The van der Waals surface area contributed by atoms with Crippen molar-refractivity contribution in [3.63, 3.8) is 0 Å². The van der Waals surface area contributed by atoms with E-state index in [0.717, 1.165) is 6.08 Å². The zero-order valence-electron chi connectivity index (χ0n) is 15.1. The minimum absolute atomic E-state index is 0.0446. The summed E-state index contributed by atoms with van der Waals surface area (Å²) in [7, 11) is -3.83. The van der Waals surface area contributed by atoms with E-state index >= 15 is 0 Å². The van der Waals surface area contributed by atoms with Crippen LogP contribution >= 0.6 is 23.2 Å². The minimum atomic E-state index is -3.83. The number of ether oxygens (including phenoxy) is 1. The first-order valence-corrected chi connectivity index (χ1v) is 10.8. The molecule has 2 aromatic rings. The van der Waals surface area contributed by atoms with Crippen molar-refractivity contribution in [2.45, 2.75) is 4.90 Å². The molecule has 0 spiro atoms. The van der Waals surface area contributed by atoms with Crippen molar-refractivity contribution in [3.8, 4) is 0 Å². The first kappa shape index (κ1) is 21.7. The number of halogens is 3. The zero-order valence-corrected chi connectivity index (χ0v) is 17.4. The maximum Gasteiger partial charge on any atom is 0.248 e. The maximum absolute atomic E-state index is 13.8. The van der Waals surface area contributed by atoms with Gasteiger partial charge in [-0.15, -0.1) is 0 Å². The van der Waals surface area contributed by atoms with Crippen LogP contribution in [0, 0.1) is 5.82 Å². The Kier molecular flexibility index (Phi) is 6.92. The van der Waals surface area contributed by atoms with Crippen molar-refractivity contribution < 1.29 is 22.3 Å². The predicted octanol–water partition coefficient (Wildman–Crippen LogP) is 3.81. The molecule has 10 heteroatoms. The second-order valence-electron chi connectivity index (χ2n) is 6.12. The number of rotatable bonds is 5. The van der Waals surface area contributed by atoms with Gasteiger partial charge >= 0.3 is 0 Å². The van der Waals surface area contributed by atoms with Crippen LogP contribution in [0.2, 0.25) is 10.0 Å². The van der Waals surface area contributed by atoms with E-state index in [0.29, 0.717) is 13.2 Å². The van der Waals surface area contributed by atoms with Gasteiger partial charge in [0.2, 0.25) is 15.9 Å². The Morgan fingerprint density at radius 3 is 2.55 bits per heavy atom. The van der Waals surface area contributed by atoms with Crippen LogP contribution in [0.15, 0.2) is 47.4 Å². The van der Waals surface area contributed by atoms with Crippen LogP contribution < -0.4 is 5.32 Å². The van der Waals surface area contributed by atoms with E-state index in [-0.39, 0.29) is 39.3 Å². The van der Waals surface area contributed by atoms with Gasteiger partial charge in [0, 0.05) is 30.4 Å². The van der Waals surface area contributed by atoms with Crippen molar-refractivity contribution in [2.75, 3.05) is 31.6 Å². The summed E-state index contributed by atoms with van der Waals surface area (Å²) >= 11 is 12.0. The molecule has 1 aliphatic heterocycles. The van der Waals surface area contributed by atoms with Crippen LogP contribution in [0.25, 0.3) is 6.08 Å². The number of carbonyl (C=O) groups excluding carboxylic acids is 1. The third-order valence-corrected chi connectivity index (χ3v) is 6.90. The lowest BCUT2D eigenvalue weighted by Gasteiger charge is -2.26. The second kappa shape index (κ2) is 9.23. The quantitative estimate of drug-likeness (QED) is 0.691. The molecule has 0 radical (unpaired) electrons. The van der Waals surface area contributed by atoms with Gasteiger partial charge in [-0.2, -0.15) is 4.31 Å². The minimum Gasteiger partial charge on any atom is -0.379 e. The number of benzene rings is 2. The number of hydrogen-bond donors (Lipinski definition) is 1. The Morgan fingerprint density at radius 1 is 1.14 bits per heavy atom. The van der Waals surface area contributed by atoms with Crippen molar-refractivity contribution in [1.29, 1.82) is 0 Å². The molecule has 1 heterocycles. The molecule has 0 aromatic heterocycles. The third-order valence-electron chi connectivity index (χ3n) is 4.19. The first-order valence-electron chi connectivity index (χ1n) is 8.59. The molecule has 1 aliphatic rings. The van der Waals surface area contributed by atoms with Crippen LogP contribution in [0.3, 0.4) is 0 Å². The molecule has 1 N–H and O–H groups in total. The van der Waals surface area contributed by atoms with Crippen LogP contribution in [-0.2, 0) is 19.6 Å². The van der Waals surface area contributed by atoms with Gasteiger partial charge < -0.3 is 10.1 Å². The summed E-state index contributed by atoms with van der Waals surface area (Å²) in [5.74, 6) is -1.15. The number of amides is 1. The molecule has 6 nitrogen and oxygen atoms in total. The summed E-state index contributed by atoms with van der Waals surface area (Å²) < 4.78 is 45.9. The normalized spacial score (nSPS) is 15.6. The number of sulfonamides is 1. The molecular weight excluding hydrogens is 442 g/mol. The van der Waals surface area contributed by atoms with Gasteiger partial charge in [0.15, 0.2) is 0 Å². The Balaban J connectivity index is 1.79. The van der Waals surface area contributed by atoms with E-state index in [4.69, 9.17) is 27.9 Å². The van der Waals surface area contributed by atoms with Gasteiger partial charge in [0.25, 0.3) is 0 Å². The lowest BCUT2D eigenvalue weighted by Crippen LogP contribution is -2.40. The van der Waals surface area contributed by atoms with Crippen LogP contribution in [0.1, 0.15) is 5.56 Å². The summed E-state index contributed by atoms with van der Waals surface area (Å²) in [6, 6.07) is 8.34. The van der Waals surface area contributed by atoms with E-state index in [2.05, 4.69) is 5.32 Å². The van der Waals surface area contributed by atoms with E-state index in [1.54, 1.807) is 0 Å². The number of anilines is 1. The molecule has 1 amide bonds.